The number of aryl methyl sites for hydroxylation is 2. The molecule has 0 saturated carbocycles. The quantitative estimate of drug-likeness (QED) is 0.280. The number of nitrogens with zero attached hydrogens (tertiary/aromatic N) is 3. The first kappa shape index (κ1) is 25.9. The van der Waals surface area contributed by atoms with Gasteiger partial charge in [0, 0.05) is 44.5 Å². The van der Waals surface area contributed by atoms with Gasteiger partial charge in [-0.15, -0.1) is 24.0 Å². The molecule has 1 amide bonds. The highest BCUT2D eigenvalue weighted by atomic mass is 127. The number of nitrogens with one attached hydrogen (secondary N) is 3. The number of carbonyl (C=O) groups excluding carboxylic acids is 1. The summed E-state index contributed by atoms with van der Waals surface area (Å²) in [5, 5.41) is 14.1. The van der Waals surface area contributed by atoms with Gasteiger partial charge in [0.25, 0.3) is 0 Å². The molecule has 30 heavy (non-hydrogen) atoms. The van der Waals surface area contributed by atoms with Crippen molar-refractivity contribution < 1.29 is 4.79 Å². The maximum Gasteiger partial charge on any atom is 0.221 e. The van der Waals surface area contributed by atoms with Crippen molar-refractivity contribution in [2.24, 2.45) is 12.0 Å². The molecular formula is C22H35IN6O. The first-order valence-corrected chi connectivity index (χ1v) is 10.2. The molecular weight excluding hydrogens is 491 g/mol. The van der Waals surface area contributed by atoms with Crippen LogP contribution in [0.5, 0.6) is 0 Å². The average Bonchev–Trinajstić information content (AvgIpc) is 2.89. The lowest BCUT2D eigenvalue weighted by Gasteiger charge is -2.18. The predicted octanol–water partition coefficient (Wildman–Crippen LogP) is 3.34. The minimum atomic E-state index is -0.0607. The molecule has 8 heteroatoms. The van der Waals surface area contributed by atoms with Crippen molar-refractivity contribution in [3.8, 4) is 0 Å². The highest BCUT2D eigenvalue weighted by Gasteiger charge is 2.14. The molecule has 0 spiro atoms. The summed E-state index contributed by atoms with van der Waals surface area (Å²) in [7, 11) is 1.98. The van der Waals surface area contributed by atoms with E-state index in [1.54, 1.807) is 0 Å². The number of hydrogen-bond donors (Lipinski definition) is 3. The summed E-state index contributed by atoms with van der Waals surface area (Å²) >= 11 is 0. The van der Waals surface area contributed by atoms with Crippen LogP contribution < -0.4 is 16.0 Å². The van der Waals surface area contributed by atoms with Gasteiger partial charge in [-0.1, -0.05) is 12.1 Å². The van der Waals surface area contributed by atoms with Crippen molar-refractivity contribution in [2.75, 3.05) is 18.4 Å². The Morgan fingerprint density at radius 3 is 2.43 bits per heavy atom. The Hall–Kier alpha value is -2.10. The number of hydrogen-bond acceptors (Lipinski definition) is 3. The van der Waals surface area contributed by atoms with Crippen LogP contribution in [0.1, 0.15) is 43.3 Å². The third kappa shape index (κ3) is 7.97. The van der Waals surface area contributed by atoms with Gasteiger partial charge in [0.1, 0.15) is 0 Å². The molecule has 1 aromatic carbocycles. The van der Waals surface area contributed by atoms with E-state index in [0.29, 0.717) is 6.54 Å². The Morgan fingerprint density at radius 1 is 1.23 bits per heavy atom. The van der Waals surface area contributed by atoms with Crippen molar-refractivity contribution >= 4 is 41.5 Å². The number of benzene rings is 1. The normalized spacial score (nSPS) is 12.1. The van der Waals surface area contributed by atoms with E-state index in [1.165, 1.54) is 23.7 Å². The fourth-order valence-electron chi connectivity index (χ4n) is 3.28. The summed E-state index contributed by atoms with van der Waals surface area (Å²) in [6.45, 7) is 11.4. The minimum Gasteiger partial charge on any atom is -0.357 e. The minimum absolute atomic E-state index is 0. The first-order valence-electron chi connectivity index (χ1n) is 10.2. The number of amides is 1. The second-order valence-electron chi connectivity index (χ2n) is 7.41. The van der Waals surface area contributed by atoms with Crippen LogP contribution in [0.4, 0.5) is 5.69 Å². The Morgan fingerprint density at radius 2 is 1.90 bits per heavy atom. The lowest BCUT2D eigenvalue weighted by molar-refractivity contribution is -0.114. The molecule has 0 radical (unpaired) electrons. The Kier molecular flexibility index (Phi) is 10.9. The number of rotatable bonds is 8. The smallest absolute Gasteiger partial charge is 0.221 e. The van der Waals surface area contributed by atoms with Crippen LogP contribution in [0, 0.1) is 13.8 Å². The zero-order valence-electron chi connectivity index (χ0n) is 18.9. The molecule has 7 nitrogen and oxygen atoms in total. The molecule has 1 unspecified atom stereocenters. The number of aliphatic imine (C=N–C) groups is 1. The van der Waals surface area contributed by atoms with Gasteiger partial charge in [0.05, 0.1) is 5.69 Å². The van der Waals surface area contributed by atoms with Gasteiger partial charge in [0.15, 0.2) is 5.96 Å². The van der Waals surface area contributed by atoms with Crippen molar-refractivity contribution in [3.05, 3.63) is 46.8 Å². The summed E-state index contributed by atoms with van der Waals surface area (Å²) in [6, 6.07) is 8.14. The maximum absolute atomic E-state index is 11.1. The van der Waals surface area contributed by atoms with Crippen LogP contribution in [0.15, 0.2) is 29.3 Å². The van der Waals surface area contributed by atoms with Crippen LogP contribution in [-0.2, 0) is 24.7 Å². The molecule has 2 aromatic rings. The summed E-state index contributed by atoms with van der Waals surface area (Å²) < 4.78 is 1.94. The molecule has 1 atom stereocenters. The second kappa shape index (κ2) is 12.6. The molecule has 1 heterocycles. The van der Waals surface area contributed by atoms with Crippen LogP contribution >= 0.6 is 24.0 Å². The molecule has 1 aromatic heterocycles. The van der Waals surface area contributed by atoms with Crippen molar-refractivity contribution in [1.82, 2.24) is 20.4 Å². The highest BCUT2D eigenvalue weighted by molar-refractivity contribution is 14.0. The molecule has 0 bridgehead atoms. The molecule has 0 fully saturated rings. The van der Waals surface area contributed by atoms with Gasteiger partial charge < -0.3 is 16.0 Å². The van der Waals surface area contributed by atoms with Gasteiger partial charge in [-0.05, 0) is 63.8 Å². The lowest BCUT2D eigenvalue weighted by Crippen LogP contribution is -2.43. The molecule has 166 valence electrons. The Balaban J connectivity index is 0.00000450. The van der Waals surface area contributed by atoms with Crippen molar-refractivity contribution in [2.45, 2.75) is 53.5 Å². The van der Waals surface area contributed by atoms with E-state index >= 15 is 0 Å². The van der Waals surface area contributed by atoms with E-state index in [0.717, 1.165) is 36.7 Å². The lowest BCUT2D eigenvalue weighted by atomic mass is 10.1. The standard InChI is InChI=1S/C22H34N6O.HI/c1-7-23-22(25-15(2)14-21-16(3)27-28(6)17(21)4)24-13-12-19-8-10-20(11-9-19)26-18(5)29;/h8-11,15H,7,12-14H2,1-6H3,(H,26,29)(H2,23,24,25);1H. The highest BCUT2D eigenvalue weighted by Crippen LogP contribution is 2.14. The van der Waals surface area contributed by atoms with Crippen molar-refractivity contribution in [1.29, 1.82) is 0 Å². The van der Waals surface area contributed by atoms with Crippen LogP contribution in [0.2, 0.25) is 0 Å². The third-order valence-electron chi connectivity index (χ3n) is 4.84. The van der Waals surface area contributed by atoms with E-state index in [4.69, 9.17) is 4.99 Å². The van der Waals surface area contributed by atoms with Gasteiger partial charge >= 0.3 is 0 Å². The molecule has 0 saturated heterocycles. The summed E-state index contributed by atoms with van der Waals surface area (Å²) in [4.78, 5) is 15.8. The number of aromatic nitrogens is 2. The van der Waals surface area contributed by atoms with E-state index in [9.17, 15) is 4.79 Å². The number of guanidine groups is 1. The monoisotopic (exact) mass is 526 g/mol. The van der Waals surface area contributed by atoms with E-state index in [1.807, 2.05) is 36.0 Å². The predicted molar refractivity (Wildman–Crippen MR) is 135 cm³/mol. The fraction of sp³-hybridized carbons (Fsp3) is 0.500. The van der Waals surface area contributed by atoms with Crippen LogP contribution in [-0.4, -0.2) is 40.8 Å². The van der Waals surface area contributed by atoms with E-state index in [2.05, 4.69) is 48.7 Å². The third-order valence-corrected chi connectivity index (χ3v) is 4.84. The maximum atomic E-state index is 11.1. The number of carbonyl (C=O) groups is 1. The second-order valence-corrected chi connectivity index (χ2v) is 7.41. The van der Waals surface area contributed by atoms with Gasteiger partial charge in [-0.3, -0.25) is 14.5 Å². The van der Waals surface area contributed by atoms with E-state index < -0.39 is 0 Å². The average molecular weight is 526 g/mol. The Labute approximate surface area is 197 Å². The number of halogens is 1. The number of anilines is 1. The van der Waals surface area contributed by atoms with Crippen LogP contribution in [0.3, 0.4) is 0 Å². The van der Waals surface area contributed by atoms with Gasteiger partial charge in [-0.2, -0.15) is 5.10 Å². The van der Waals surface area contributed by atoms with Crippen LogP contribution in [0.25, 0.3) is 0 Å². The van der Waals surface area contributed by atoms with Gasteiger partial charge in [0.2, 0.25) is 5.91 Å². The molecule has 0 aliphatic rings. The van der Waals surface area contributed by atoms with E-state index in [-0.39, 0.29) is 35.9 Å². The first-order chi connectivity index (χ1) is 13.8. The molecule has 0 aliphatic heterocycles. The zero-order chi connectivity index (χ0) is 21.4. The fourth-order valence-corrected chi connectivity index (χ4v) is 3.28. The largest absolute Gasteiger partial charge is 0.357 e. The summed E-state index contributed by atoms with van der Waals surface area (Å²) in [5.41, 5.74) is 5.59. The van der Waals surface area contributed by atoms with Crippen molar-refractivity contribution in [3.63, 3.8) is 0 Å². The molecule has 2 rings (SSSR count). The summed E-state index contributed by atoms with van der Waals surface area (Å²) in [5.74, 6) is 0.767. The SMILES string of the molecule is CCNC(=NCCc1ccc(NC(C)=O)cc1)NC(C)Cc1c(C)nn(C)c1C.I. The summed E-state index contributed by atoms with van der Waals surface area (Å²) in [6.07, 6.45) is 1.74. The molecule has 0 aliphatic carbocycles. The van der Waals surface area contributed by atoms with Gasteiger partial charge in [-0.25, -0.2) is 0 Å². The zero-order valence-corrected chi connectivity index (χ0v) is 21.2. The Bertz CT molecular complexity index is 844. The topological polar surface area (TPSA) is 83.3 Å². The molecule has 3 N–H and O–H groups in total.